The number of rotatable bonds is 3. The smallest absolute Gasteiger partial charge is 0.221 e. The number of amides is 1. The highest BCUT2D eigenvalue weighted by Gasteiger charge is 2.28. The predicted octanol–water partition coefficient (Wildman–Crippen LogP) is 2.67. The van der Waals surface area contributed by atoms with Gasteiger partial charge in [-0.15, -0.1) is 0 Å². The van der Waals surface area contributed by atoms with E-state index in [4.69, 9.17) is 5.73 Å². The normalized spacial score (nSPS) is 24.4. The van der Waals surface area contributed by atoms with E-state index in [1.54, 1.807) is 6.07 Å². The summed E-state index contributed by atoms with van der Waals surface area (Å²) < 4.78 is 14.0. The molecule has 2 unspecified atom stereocenters. The van der Waals surface area contributed by atoms with E-state index < -0.39 is 0 Å². The molecule has 1 aliphatic heterocycles. The van der Waals surface area contributed by atoms with Crippen molar-refractivity contribution < 1.29 is 9.18 Å². The van der Waals surface area contributed by atoms with Crippen LogP contribution in [0.25, 0.3) is 0 Å². The molecular formula is C14H18BrFN2O. The highest BCUT2D eigenvalue weighted by atomic mass is 79.9. The lowest BCUT2D eigenvalue weighted by molar-refractivity contribution is -0.124. The van der Waals surface area contributed by atoms with Gasteiger partial charge in [0, 0.05) is 19.1 Å². The SMILES string of the molecule is CC1CCC(C(N)=O)CN1Cc1cccc(F)c1Br. The number of nitrogens with two attached hydrogens (primary N) is 1. The van der Waals surface area contributed by atoms with Crippen molar-refractivity contribution in [3.05, 3.63) is 34.1 Å². The van der Waals surface area contributed by atoms with Crippen LogP contribution in [0.1, 0.15) is 25.3 Å². The minimum Gasteiger partial charge on any atom is -0.369 e. The highest BCUT2D eigenvalue weighted by molar-refractivity contribution is 9.10. The fourth-order valence-electron chi connectivity index (χ4n) is 2.52. The molecule has 0 spiro atoms. The Morgan fingerprint density at radius 1 is 1.53 bits per heavy atom. The van der Waals surface area contributed by atoms with Gasteiger partial charge < -0.3 is 5.73 Å². The molecule has 19 heavy (non-hydrogen) atoms. The second-order valence-corrected chi connectivity index (χ2v) is 5.96. The van der Waals surface area contributed by atoms with Crippen LogP contribution in [0.15, 0.2) is 22.7 Å². The number of hydrogen-bond acceptors (Lipinski definition) is 2. The molecule has 0 aromatic heterocycles. The van der Waals surface area contributed by atoms with Crippen molar-refractivity contribution in [3.8, 4) is 0 Å². The van der Waals surface area contributed by atoms with Gasteiger partial charge in [-0.3, -0.25) is 9.69 Å². The lowest BCUT2D eigenvalue weighted by atomic mass is 9.92. The molecule has 0 radical (unpaired) electrons. The summed E-state index contributed by atoms with van der Waals surface area (Å²) in [4.78, 5) is 13.5. The van der Waals surface area contributed by atoms with Gasteiger partial charge in [-0.05, 0) is 47.3 Å². The summed E-state index contributed by atoms with van der Waals surface area (Å²) in [5.41, 5.74) is 6.29. The molecule has 5 heteroatoms. The van der Waals surface area contributed by atoms with Crippen LogP contribution in [0.5, 0.6) is 0 Å². The monoisotopic (exact) mass is 328 g/mol. The van der Waals surface area contributed by atoms with Crippen molar-refractivity contribution in [3.63, 3.8) is 0 Å². The van der Waals surface area contributed by atoms with E-state index in [0.717, 1.165) is 18.4 Å². The Bertz CT molecular complexity index is 481. The third-order valence-electron chi connectivity index (χ3n) is 3.82. The quantitative estimate of drug-likeness (QED) is 0.927. The van der Waals surface area contributed by atoms with Crippen LogP contribution in [0.4, 0.5) is 4.39 Å². The first-order valence-corrected chi connectivity index (χ1v) is 7.24. The van der Waals surface area contributed by atoms with Crippen LogP contribution in [-0.4, -0.2) is 23.4 Å². The Kier molecular flexibility index (Phi) is 4.58. The van der Waals surface area contributed by atoms with Crippen LogP contribution in [0, 0.1) is 11.7 Å². The van der Waals surface area contributed by atoms with Crippen molar-refractivity contribution in [2.45, 2.75) is 32.4 Å². The van der Waals surface area contributed by atoms with Gasteiger partial charge in [-0.1, -0.05) is 12.1 Å². The van der Waals surface area contributed by atoms with Crippen LogP contribution in [-0.2, 0) is 11.3 Å². The van der Waals surface area contributed by atoms with Crippen LogP contribution < -0.4 is 5.73 Å². The number of likely N-dealkylation sites (tertiary alicyclic amines) is 1. The molecule has 2 N–H and O–H groups in total. The van der Waals surface area contributed by atoms with Crippen molar-refractivity contribution in [1.29, 1.82) is 0 Å². The average Bonchev–Trinajstić information content (AvgIpc) is 2.37. The van der Waals surface area contributed by atoms with Crippen LogP contribution >= 0.6 is 15.9 Å². The van der Waals surface area contributed by atoms with E-state index in [9.17, 15) is 9.18 Å². The highest BCUT2D eigenvalue weighted by Crippen LogP contribution is 2.27. The molecule has 1 heterocycles. The fraction of sp³-hybridized carbons (Fsp3) is 0.500. The maximum atomic E-state index is 13.5. The molecule has 1 amide bonds. The Labute approximate surface area is 121 Å². The molecule has 0 aliphatic carbocycles. The zero-order valence-electron chi connectivity index (χ0n) is 10.9. The van der Waals surface area contributed by atoms with Crippen molar-refractivity contribution in [2.75, 3.05) is 6.54 Å². The minimum absolute atomic E-state index is 0.0939. The number of piperidine rings is 1. The summed E-state index contributed by atoms with van der Waals surface area (Å²) in [5, 5.41) is 0. The maximum Gasteiger partial charge on any atom is 0.221 e. The Hall–Kier alpha value is -0.940. The van der Waals surface area contributed by atoms with Gasteiger partial charge in [-0.25, -0.2) is 4.39 Å². The van der Waals surface area contributed by atoms with Gasteiger partial charge in [0.15, 0.2) is 0 Å². The molecule has 0 bridgehead atoms. The summed E-state index contributed by atoms with van der Waals surface area (Å²) in [6.07, 6.45) is 1.79. The molecule has 1 fully saturated rings. The Balaban J connectivity index is 2.12. The second-order valence-electron chi connectivity index (χ2n) is 5.17. The summed E-state index contributed by atoms with van der Waals surface area (Å²) in [7, 11) is 0. The molecule has 2 atom stereocenters. The number of nitrogens with zero attached hydrogens (tertiary/aromatic N) is 1. The Morgan fingerprint density at radius 3 is 2.95 bits per heavy atom. The van der Waals surface area contributed by atoms with Crippen molar-refractivity contribution in [1.82, 2.24) is 4.90 Å². The van der Waals surface area contributed by atoms with E-state index in [-0.39, 0.29) is 17.6 Å². The second kappa shape index (κ2) is 6.01. The minimum atomic E-state index is -0.256. The Morgan fingerprint density at radius 2 is 2.26 bits per heavy atom. The van der Waals surface area contributed by atoms with E-state index >= 15 is 0 Å². The molecule has 104 valence electrons. The topological polar surface area (TPSA) is 46.3 Å². The van der Waals surface area contributed by atoms with Crippen LogP contribution in [0.3, 0.4) is 0 Å². The van der Waals surface area contributed by atoms with E-state index in [1.807, 2.05) is 6.07 Å². The molecule has 3 nitrogen and oxygen atoms in total. The van der Waals surface area contributed by atoms with E-state index in [2.05, 4.69) is 27.8 Å². The largest absolute Gasteiger partial charge is 0.369 e. The molecule has 0 saturated carbocycles. The summed E-state index contributed by atoms with van der Waals surface area (Å²) >= 11 is 3.28. The zero-order chi connectivity index (χ0) is 14.0. The number of benzene rings is 1. The fourth-order valence-corrected chi connectivity index (χ4v) is 2.91. The summed E-state index contributed by atoms with van der Waals surface area (Å²) in [6.45, 7) is 3.41. The maximum absolute atomic E-state index is 13.5. The number of carbonyl (C=O) groups excluding carboxylic acids is 1. The molecule has 1 aliphatic rings. The number of halogens is 2. The molecule has 1 aromatic carbocycles. The van der Waals surface area contributed by atoms with Gasteiger partial charge in [0.05, 0.1) is 10.4 Å². The zero-order valence-corrected chi connectivity index (χ0v) is 12.5. The summed E-state index contributed by atoms with van der Waals surface area (Å²) in [6, 6.07) is 5.41. The van der Waals surface area contributed by atoms with Crippen LogP contribution in [0.2, 0.25) is 0 Å². The molecule has 1 saturated heterocycles. The lowest BCUT2D eigenvalue weighted by Crippen LogP contribution is -2.45. The van der Waals surface area contributed by atoms with Gasteiger partial charge >= 0.3 is 0 Å². The number of primary amides is 1. The first-order valence-electron chi connectivity index (χ1n) is 6.45. The molecule has 2 rings (SSSR count). The molecular weight excluding hydrogens is 311 g/mol. The summed E-state index contributed by atoms with van der Waals surface area (Å²) in [5.74, 6) is -0.590. The van der Waals surface area contributed by atoms with E-state index in [1.165, 1.54) is 6.07 Å². The van der Waals surface area contributed by atoms with Gasteiger partial charge in [0.25, 0.3) is 0 Å². The van der Waals surface area contributed by atoms with Crippen molar-refractivity contribution in [2.24, 2.45) is 11.7 Å². The van der Waals surface area contributed by atoms with E-state index in [0.29, 0.717) is 23.6 Å². The third-order valence-corrected chi connectivity index (χ3v) is 4.71. The average molecular weight is 329 g/mol. The standard InChI is InChI=1S/C14H18BrFN2O/c1-9-5-6-11(14(17)19)8-18(9)7-10-3-2-4-12(16)13(10)15/h2-4,9,11H,5-8H2,1H3,(H2,17,19). The van der Waals surface area contributed by atoms with Gasteiger partial charge in [0.1, 0.15) is 5.82 Å². The predicted molar refractivity (Wildman–Crippen MR) is 75.9 cm³/mol. The first-order chi connectivity index (χ1) is 8.99. The van der Waals surface area contributed by atoms with Crippen molar-refractivity contribution >= 4 is 21.8 Å². The first kappa shape index (κ1) is 14.5. The number of carbonyl (C=O) groups is 1. The lowest BCUT2D eigenvalue weighted by Gasteiger charge is -2.37. The third kappa shape index (κ3) is 3.34. The van der Waals surface area contributed by atoms with Gasteiger partial charge in [0.2, 0.25) is 5.91 Å². The number of hydrogen-bond donors (Lipinski definition) is 1. The van der Waals surface area contributed by atoms with Gasteiger partial charge in [-0.2, -0.15) is 0 Å². The molecule has 1 aromatic rings.